The van der Waals surface area contributed by atoms with Crippen molar-refractivity contribution in [3.05, 3.63) is 29.8 Å². The number of hydrogen-bond donors (Lipinski definition) is 1. The average molecular weight is 276 g/mol. The monoisotopic (exact) mass is 276 g/mol. The summed E-state index contributed by atoms with van der Waals surface area (Å²) in [5.74, 6) is 1.32. The fourth-order valence-electron chi connectivity index (χ4n) is 2.23. The van der Waals surface area contributed by atoms with Gasteiger partial charge in [0.15, 0.2) is 0 Å². The molecular formula is C16H24N2O2. The van der Waals surface area contributed by atoms with Gasteiger partial charge in [-0.3, -0.25) is 4.79 Å². The molecule has 110 valence electrons. The largest absolute Gasteiger partial charge is 0.497 e. The van der Waals surface area contributed by atoms with E-state index < -0.39 is 0 Å². The highest BCUT2D eigenvalue weighted by molar-refractivity contribution is 5.77. The van der Waals surface area contributed by atoms with Crippen molar-refractivity contribution in [1.29, 1.82) is 0 Å². The molecule has 0 saturated heterocycles. The van der Waals surface area contributed by atoms with Crippen LogP contribution in [-0.4, -0.2) is 30.5 Å². The third-order valence-corrected chi connectivity index (χ3v) is 3.75. The number of benzene rings is 1. The molecule has 1 aliphatic rings. The molecule has 0 bridgehead atoms. The second-order valence-corrected chi connectivity index (χ2v) is 5.65. The molecule has 1 aromatic rings. The summed E-state index contributed by atoms with van der Waals surface area (Å²) in [5.41, 5.74) is 6.76. The summed E-state index contributed by atoms with van der Waals surface area (Å²) in [4.78, 5) is 14.4. The van der Waals surface area contributed by atoms with Gasteiger partial charge in [-0.05, 0) is 43.0 Å². The minimum atomic E-state index is 0.223. The van der Waals surface area contributed by atoms with Crippen LogP contribution >= 0.6 is 0 Å². The number of nitrogens with zero attached hydrogens (tertiary/aromatic N) is 1. The molecule has 1 aromatic carbocycles. The number of ether oxygens (including phenoxy) is 1. The van der Waals surface area contributed by atoms with Gasteiger partial charge in [-0.2, -0.15) is 0 Å². The molecule has 1 fully saturated rings. The first kappa shape index (κ1) is 14.9. The molecule has 4 heteroatoms. The van der Waals surface area contributed by atoms with Crippen molar-refractivity contribution in [2.24, 2.45) is 11.7 Å². The standard InChI is InChI=1S/C16H24N2O2/c1-12(10-17)9-16(19)18(14-5-6-14)11-13-3-7-15(20-2)8-4-13/h3-4,7-8,12,14H,5-6,9-11,17H2,1-2H3. The second kappa shape index (κ2) is 6.75. The quantitative estimate of drug-likeness (QED) is 0.830. The highest BCUT2D eigenvalue weighted by Gasteiger charge is 2.32. The Bertz CT molecular complexity index is 440. The van der Waals surface area contributed by atoms with Crippen LogP contribution < -0.4 is 10.5 Å². The first-order valence-corrected chi connectivity index (χ1v) is 7.26. The van der Waals surface area contributed by atoms with E-state index in [2.05, 4.69) is 0 Å². The Hall–Kier alpha value is -1.55. The molecule has 1 amide bonds. The van der Waals surface area contributed by atoms with Gasteiger partial charge < -0.3 is 15.4 Å². The molecule has 0 aliphatic heterocycles. The Labute approximate surface area is 120 Å². The van der Waals surface area contributed by atoms with Gasteiger partial charge >= 0.3 is 0 Å². The zero-order valence-electron chi connectivity index (χ0n) is 12.3. The van der Waals surface area contributed by atoms with Crippen LogP contribution in [0.2, 0.25) is 0 Å². The fourth-order valence-corrected chi connectivity index (χ4v) is 2.23. The van der Waals surface area contributed by atoms with Gasteiger partial charge in [-0.15, -0.1) is 0 Å². The van der Waals surface area contributed by atoms with E-state index in [1.54, 1.807) is 7.11 Å². The van der Waals surface area contributed by atoms with E-state index in [0.717, 1.165) is 24.2 Å². The summed E-state index contributed by atoms with van der Waals surface area (Å²) in [7, 11) is 1.66. The first-order chi connectivity index (χ1) is 9.63. The SMILES string of the molecule is COc1ccc(CN(C(=O)CC(C)CN)C2CC2)cc1. The summed E-state index contributed by atoms with van der Waals surface area (Å²) >= 11 is 0. The van der Waals surface area contributed by atoms with E-state index in [4.69, 9.17) is 10.5 Å². The van der Waals surface area contributed by atoms with Gasteiger partial charge in [-0.25, -0.2) is 0 Å². The minimum absolute atomic E-state index is 0.223. The lowest BCUT2D eigenvalue weighted by molar-refractivity contribution is -0.133. The second-order valence-electron chi connectivity index (χ2n) is 5.65. The summed E-state index contributed by atoms with van der Waals surface area (Å²) < 4.78 is 5.15. The lowest BCUT2D eigenvalue weighted by Crippen LogP contribution is -2.34. The van der Waals surface area contributed by atoms with Crippen molar-refractivity contribution in [3.8, 4) is 5.75 Å². The van der Waals surface area contributed by atoms with E-state index in [9.17, 15) is 4.79 Å². The summed E-state index contributed by atoms with van der Waals surface area (Å²) in [6.07, 6.45) is 2.79. The van der Waals surface area contributed by atoms with Crippen LogP contribution in [0.4, 0.5) is 0 Å². The fraction of sp³-hybridized carbons (Fsp3) is 0.562. The summed E-state index contributed by atoms with van der Waals surface area (Å²) in [6, 6.07) is 8.34. The van der Waals surface area contributed by atoms with E-state index in [-0.39, 0.29) is 11.8 Å². The van der Waals surface area contributed by atoms with Crippen LogP contribution in [0.3, 0.4) is 0 Å². The predicted molar refractivity (Wildman–Crippen MR) is 79.4 cm³/mol. The molecule has 0 spiro atoms. The van der Waals surface area contributed by atoms with Crippen molar-refractivity contribution in [2.75, 3.05) is 13.7 Å². The van der Waals surface area contributed by atoms with Crippen molar-refractivity contribution in [3.63, 3.8) is 0 Å². The molecule has 2 rings (SSSR count). The normalized spacial score (nSPS) is 15.8. The van der Waals surface area contributed by atoms with Crippen molar-refractivity contribution in [2.45, 2.75) is 38.8 Å². The highest BCUT2D eigenvalue weighted by atomic mass is 16.5. The van der Waals surface area contributed by atoms with Gasteiger partial charge in [0.2, 0.25) is 5.91 Å². The van der Waals surface area contributed by atoms with Gasteiger partial charge in [-0.1, -0.05) is 19.1 Å². The summed E-state index contributed by atoms with van der Waals surface area (Å²) in [5, 5.41) is 0. The lowest BCUT2D eigenvalue weighted by Gasteiger charge is -2.24. The van der Waals surface area contributed by atoms with Gasteiger partial charge in [0.25, 0.3) is 0 Å². The van der Waals surface area contributed by atoms with Gasteiger partial charge in [0.1, 0.15) is 5.75 Å². The van der Waals surface area contributed by atoms with E-state index >= 15 is 0 Å². The van der Waals surface area contributed by atoms with Crippen molar-refractivity contribution in [1.82, 2.24) is 4.90 Å². The number of hydrogen-bond acceptors (Lipinski definition) is 3. The predicted octanol–water partition coefficient (Wildman–Crippen LogP) is 2.17. The molecule has 0 heterocycles. The van der Waals surface area contributed by atoms with Crippen LogP contribution in [-0.2, 0) is 11.3 Å². The molecule has 1 unspecified atom stereocenters. The molecule has 0 aromatic heterocycles. The maximum Gasteiger partial charge on any atom is 0.223 e. The number of amides is 1. The number of rotatable bonds is 7. The smallest absolute Gasteiger partial charge is 0.223 e. The number of carbonyl (C=O) groups excluding carboxylic acids is 1. The first-order valence-electron chi connectivity index (χ1n) is 7.26. The number of carbonyl (C=O) groups is 1. The summed E-state index contributed by atoms with van der Waals surface area (Å²) in [6.45, 7) is 3.27. The van der Waals surface area contributed by atoms with E-state index in [1.807, 2.05) is 36.1 Å². The van der Waals surface area contributed by atoms with Crippen LogP contribution in [0, 0.1) is 5.92 Å². The molecular weight excluding hydrogens is 252 g/mol. The van der Waals surface area contributed by atoms with Crippen molar-refractivity contribution < 1.29 is 9.53 Å². The Morgan fingerprint density at radius 1 is 1.40 bits per heavy atom. The molecule has 2 N–H and O–H groups in total. The van der Waals surface area contributed by atoms with Crippen LogP contribution in [0.5, 0.6) is 5.75 Å². The van der Waals surface area contributed by atoms with Crippen LogP contribution in [0.15, 0.2) is 24.3 Å². The zero-order valence-corrected chi connectivity index (χ0v) is 12.3. The molecule has 1 saturated carbocycles. The maximum absolute atomic E-state index is 12.4. The maximum atomic E-state index is 12.4. The third-order valence-electron chi connectivity index (χ3n) is 3.75. The third kappa shape index (κ3) is 3.97. The van der Waals surface area contributed by atoms with Crippen molar-refractivity contribution >= 4 is 5.91 Å². The Kier molecular flexibility index (Phi) is 5.01. The van der Waals surface area contributed by atoms with Crippen LogP contribution in [0.25, 0.3) is 0 Å². The molecule has 0 radical (unpaired) electrons. The van der Waals surface area contributed by atoms with E-state index in [0.29, 0.717) is 25.6 Å². The molecule has 20 heavy (non-hydrogen) atoms. The highest BCUT2D eigenvalue weighted by Crippen LogP contribution is 2.29. The Balaban J connectivity index is 1.99. The Morgan fingerprint density at radius 3 is 2.55 bits per heavy atom. The number of nitrogens with two attached hydrogens (primary N) is 1. The molecule has 1 atom stereocenters. The topological polar surface area (TPSA) is 55.6 Å². The minimum Gasteiger partial charge on any atom is -0.497 e. The zero-order chi connectivity index (χ0) is 14.5. The van der Waals surface area contributed by atoms with Crippen LogP contribution in [0.1, 0.15) is 31.7 Å². The van der Waals surface area contributed by atoms with Gasteiger partial charge in [0, 0.05) is 19.0 Å². The average Bonchev–Trinajstić information content (AvgIpc) is 3.29. The molecule has 4 nitrogen and oxygen atoms in total. The lowest BCUT2D eigenvalue weighted by atomic mass is 10.1. The Morgan fingerprint density at radius 2 is 2.05 bits per heavy atom. The molecule has 1 aliphatic carbocycles. The number of methoxy groups -OCH3 is 1. The van der Waals surface area contributed by atoms with Gasteiger partial charge in [0.05, 0.1) is 7.11 Å². The van der Waals surface area contributed by atoms with E-state index in [1.165, 1.54) is 0 Å².